The van der Waals surface area contributed by atoms with Gasteiger partial charge in [0.25, 0.3) is 0 Å². The minimum absolute atomic E-state index is 0.00180. The van der Waals surface area contributed by atoms with E-state index in [9.17, 15) is 4.79 Å². The van der Waals surface area contributed by atoms with Gasteiger partial charge in [-0.1, -0.05) is 23.7 Å². The molecule has 20 heavy (non-hydrogen) atoms. The van der Waals surface area contributed by atoms with Crippen LogP contribution in [0.4, 0.5) is 11.5 Å². The van der Waals surface area contributed by atoms with E-state index >= 15 is 0 Å². The Bertz CT molecular complexity index is 632. The van der Waals surface area contributed by atoms with Crippen molar-refractivity contribution in [3.63, 3.8) is 0 Å². The van der Waals surface area contributed by atoms with Crippen LogP contribution in [-0.4, -0.2) is 22.7 Å². The van der Waals surface area contributed by atoms with Gasteiger partial charge in [0.1, 0.15) is 11.6 Å². The summed E-state index contributed by atoms with van der Waals surface area (Å²) in [7, 11) is 0. The van der Waals surface area contributed by atoms with Crippen molar-refractivity contribution in [1.82, 2.24) is 4.98 Å². The highest BCUT2D eigenvalue weighted by atomic mass is 35.5. The first kappa shape index (κ1) is 14.1. The highest BCUT2D eigenvalue weighted by Crippen LogP contribution is 2.28. The van der Waals surface area contributed by atoms with Crippen LogP contribution in [0.15, 0.2) is 36.5 Å². The number of nitrogens with one attached hydrogen (secondary N) is 1. The van der Waals surface area contributed by atoms with Gasteiger partial charge >= 0.3 is 5.97 Å². The molecule has 0 radical (unpaired) electrons. The molecule has 0 spiro atoms. The molecule has 0 amide bonds. The Balaban J connectivity index is 2.31. The number of ether oxygens (including phenoxy) is 1. The van der Waals surface area contributed by atoms with Crippen LogP contribution in [0.5, 0.6) is 5.75 Å². The Labute approximate surface area is 121 Å². The average molecular weight is 293 g/mol. The number of halogens is 1. The molecule has 2 N–H and O–H groups in total. The third kappa shape index (κ3) is 3.19. The van der Waals surface area contributed by atoms with Crippen LogP contribution >= 0.6 is 11.6 Å². The number of carboxylic acids is 1. The lowest BCUT2D eigenvalue weighted by Gasteiger charge is -2.12. The van der Waals surface area contributed by atoms with Crippen LogP contribution in [0.2, 0.25) is 5.02 Å². The fraction of sp³-hybridized carbons (Fsp3) is 0.143. The number of nitrogens with zero attached hydrogens (tertiary/aromatic N) is 1. The van der Waals surface area contributed by atoms with E-state index in [0.717, 1.165) is 0 Å². The molecule has 0 atom stereocenters. The van der Waals surface area contributed by atoms with Crippen LogP contribution < -0.4 is 10.1 Å². The summed E-state index contributed by atoms with van der Waals surface area (Å²) < 4.78 is 5.48. The Morgan fingerprint density at radius 2 is 2.20 bits per heavy atom. The number of para-hydroxylation sites is 2. The van der Waals surface area contributed by atoms with Crippen LogP contribution in [0.25, 0.3) is 0 Å². The number of aromatic nitrogens is 1. The maximum absolute atomic E-state index is 11.0. The number of carbonyl (C=O) groups is 1. The largest absolute Gasteiger partial charge is 0.492 e. The Morgan fingerprint density at radius 1 is 1.45 bits per heavy atom. The number of anilines is 2. The molecule has 0 aliphatic rings. The van der Waals surface area contributed by atoms with E-state index in [0.29, 0.717) is 23.9 Å². The Morgan fingerprint density at radius 3 is 2.90 bits per heavy atom. The highest BCUT2D eigenvalue weighted by Gasteiger charge is 2.11. The Hall–Kier alpha value is -2.27. The molecule has 1 heterocycles. The molecule has 0 aliphatic heterocycles. The second-order valence-corrected chi connectivity index (χ2v) is 4.32. The third-order valence-corrected chi connectivity index (χ3v) is 2.84. The van der Waals surface area contributed by atoms with Gasteiger partial charge in [-0.3, -0.25) is 0 Å². The fourth-order valence-electron chi connectivity index (χ4n) is 1.66. The topological polar surface area (TPSA) is 71.5 Å². The lowest BCUT2D eigenvalue weighted by atomic mass is 10.2. The second kappa shape index (κ2) is 6.25. The lowest BCUT2D eigenvalue weighted by molar-refractivity contribution is 0.0697. The minimum Gasteiger partial charge on any atom is -0.492 e. The van der Waals surface area contributed by atoms with Crippen molar-refractivity contribution < 1.29 is 14.6 Å². The van der Waals surface area contributed by atoms with Crippen molar-refractivity contribution in [3.05, 3.63) is 47.1 Å². The molecule has 0 aliphatic carbocycles. The summed E-state index contributed by atoms with van der Waals surface area (Å²) in [6, 6.07) is 8.72. The number of hydrogen-bond acceptors (Lipinski definition) is 4. The van der Waals surface area contributed by atoms with Crippen LogP contribution in [0.3, 0.4) is 0 Å². The average Bonchev–Trinajstić information content (AvgIpc) is 2.43. The molecule has 6 heteroatoms. The normalized spacial score (nSPS) is 10.1. The molecular formula is C14H13ClN2O3. The lowest BCUT2D eigenvalue weighted by Crippen LogP contribution is -2.02. The third-order valence-electron chi connectivity index (χ3n) is 2.54. The molecule has 2 rings (SSSR count). The summed E-state index contributed by atoms with van der Waals surface area (Å²) in [6.45, 7) is 2.42. The van der Waals surface area contributed by atoms with Crippen LogP contribution in [0, 0.1) is 0 Å². The molecule has 104 valence electrons. The van der Waals surface area contributed by atoms with E-state index in [1.807, 2.05) is 31.2 Å². The standard InChI is InChI=1S/C14H13ClN2O3/c1-2-20-12-6-4-3-5-11(12)17-13-7-9(14(18)19)10(15)8-16-13/h3-8H,2H2,1H3,(H,16,17)(H,18,19). The number of carboxylic acid groups (broad SMARTS) is 1. The highest BCUT2D eigenvalue weighted by molar-refractivity contribution is 6.33. The van der Waals surface area contributed by atoms with E-state index in [4.69, 9.17) is 21.4 Å². The predicted molar refractivity (Wildman–Crippen MR) is 77.1 cm³/mol. The van der Waals surface area contributed by atoms with E-state index in [1.165, 1.54) is 12.3 Å². The molecule has 1 aromatic heterocycles. The first-order valence-corrected chi connectivity index (χ1v) is 6.37. The molecule has 0 unspecified atom stereocenters. The summed E-state index contributed by atoms with van der Waals surface area (Å²) >= 11 is 5.78. The first-order valence-electron chi connectivity index (χ1n) is 5.99. The van der Waals surface area contributed by atoms with Gasteiger partial charge in [0.2, 0.25) is 0 Å². The summed E-state index contributed by atoms with van der Waals surface area (Å²) in [5.74, 6) is -0.0406. The van der Waals surface area contributed by atoms with E-state index < -0.39 is 5.97 Å². The van der Waals surface area contributed by atoms with Crippen molar-refractivity contribution >= 4 is 29.1 Å². The first-order chi connectivity index (χ1) is 9.61. The van der Waals surface area contributed by atoms with E-state index in [-0.39, 0.29) is 10.6 Å². The second-order valence-electron chi connectivity index (χ2n) is 3.91. The maximum atomic E-state index is 11.0. The summed E-state index contributed by atoms with van der Waals surface area (Å²) in [4.78, 5) is 15.1. The molecule has 5 nitrogen and oxygen atoms in total. The molecule has 0 saturated carbocycles. The number of aromatic carboxylic acids is 1. The molecule has 0 fully saturated rings. The number of benzene rings is 1. The molecule has 0 bridgehead atoms. The van der Waals surface area contributed by atoms with E-state index in [1.54, 1.807) is 0 Å². The quantitative estimate of drug-likeness (QED) is 0.881. The smallest absolute Gasteiger partial charge is 0.337 e. The zero-order valence-corrected chi connectivity index (χ0v) is 11.5. The van der Waals surface area contributed by atoms with Crippen molar-refractivity contribution in [3.8, 4) is 5.75 Å². The van der Waals surface area contributed by atoms with Gasteiger partial charge in [-0.2, -0.15) is 0 Å². The summed E-state index contributed by atoms with van der Waals surface area (Å²) in [6.07, 6.45) is 1.30. The van der Waals surface area contributed by atoms with Crippen LogP contribution in [-0.2, 0) is 0 Å². The van der Waals surface area contributed by atoms with Crippen LogP contribution in [0.1, 0.15) is 17.3 Å². The number of hydrogen-bond donors (Lipinski definition) is 2. The van der Waals surface area contributed by atoms with Gasteiger partial charge in [-0.05, 0) is 25.1 Å². The molecule has 2 aromatic rings. The van der Waals surface area contributed by atoms with E-state index in [2.05, 4.69) is 10.3 Å². The number of pyridine rings is 1. The van der Waals surface area contributed by atoms with Crippen molar-refractivity contribution in [2.75, 3.05) is 11.9 Å². The predicted octanol–water partition coefficient (Wildman–Crippen LogP) is 3.58. The fourth-order valence-corrected chi connectivity index (χ4v) is 1.84. The molecule has 1 aromatic carbocycles. The molecular weight excluding hydrogens is 280 g/mol. The van der Waals surface area contributed by atoms with Gasteiger partial charge in [-0.25, -0.2) is 9.78 Å². The van der Waals surface area contributed by atoms with Gasteiger partial charge < -0.3 is 15.2 Å². The summed E-state index contributed by atoms with van der Waals surface area (Å²) in [5.41, 5.74) is 0.707. The van der Waals surface area contributed by atoms with Gasteiger partial charge in [0.15, 0.2) is 0 Å². The monoisotopic (exact) mass is 292 g/mol. The van der Waals surface area contributed by atoms with Crippen molar-refractivity contribution in [2.24, 2.45) is 0 Å². The molecule has 0 saturated heterocycles. The van der Waals surface area contributed by atoms with Crippen molar-refractivity contribution in [1.29, 1.82) is 0 Å². The zero-order valence-electron chi connectivity index (χ0n) is 10.8. The minimum atomic E-state index is -1.10. The number of rotatable bonds is 5. The Kier molecular flexibility index (Phi) is 4.42. The van der Waals surface area contributed by atoms with Crippen molar-refractivity contribution in [2.45, 2.75) is 6.92 Å². The van der Waals surface area contributed by atoms with Gasteiger partial charge in [0, 0.05) is 6.20 Å². The van der Waals surface area contributed by atoms with Gasteiger partial charge in [0.05, 0.1) is 22.9 Å². The summed E-state index contributed by atoms with van der Waals surface area (Å²) in [5, 5.41) is 12.2. The zero-order chi connectivity index (χ0) is 14.5. The van der Waals surface area contributed by atoms with Gasteiger partial charge in [-0.15, -0.1) is 0 Å². The SMILES string of the molecule is CCOc1ccccc1Nc1cc(C(=O)O)c(Cl)cn1. The maximum Gasteiger partial charge on any atom is 0.337 e.